The fourth-order valence-electron chi connectivity index (χ4n) is 1.66. The van der Waals surface area contributed by atoms with Crippen LogP contribution in [0.3, 0.4) is 0 Å². The van der Waals surface area contributed by atoms with Crippen molar-refractivity contribution in [2.75, 3.05) is 12.4 Å². The van der Waals surface area contributed by atoms with E-state index in [-0.39, 0.29) is 23.6 Å². The molecule has 88 valence electrons. The Morgan fingerprint density at radius 3 is 2.44 bits per heavy atom. The van der Waals surface area contributed by atoms with Gasteiger partial charge in [-0.05, 0) is 31.5 Å². The average molecular weight is 244 g/mol. The maximum atomic E-state index is 12.8. The van der Waals surface area contributed by atoms with Crippen LogP contribution in [0, 0.1) is 5.82 Å². The molecule has 0 aliphatic rings. The average Bonchev–Trinajstić information content (AvgIpc) is 2.30. The van der Waals surface area contributed by atoms with Gasteiger partial charge in [-0.2, -0.15) is 0 Å². The Labute approximate surface area is 100 Å². The van der Waals surface area contributed by atoms with E-state index < -0.39 is 0 Å². The number of rotatable bonds is 4. The first-order valence-corrected chi connectivity index (χ1v) is 5.74. The van der Waals surface area contributed by atoms with Crippen LogP contribution in [-0.4, -0.2) is 23.2 Å². The zero-order valence-electron chi connectivity index (χ0n) is 9.41. The van der Waals surface area contributed by atoms with Gasteiger partial charge in [0.15, 0.2) is 0 Å². The van der Waals surface area contributed by atoms with E-state index in [1.165, 1.54) is 12.1 Å². The summed E-state index contributed by atoms with van der Waals surface area (Å²) in [6.07, 6.45) is 0. The Morgan fingerprint density at radius 2 is 2.00 bits per heavy atom. The number of alkyl halides is 1. The van der Waals surface area contributed by atoms with Crippen molar-refractivity contribution in [2.24, 2.45) is 0 Å². The molecule has 0 spiro atoms. The molecule has 2 nitrogen and oxygen atoms in total. The summed E-state index contributed by atoms with van der Waals surface area (Å²) in [5.74, 6) is -0.414. The molecule has 0 unspecified atom stereocenters. The van der Waals surface area contributed by atoms with Gasteiger partial charge in [-0.3, -0.25) is 4.79 Å². The van der Waals surface area contributed by atoms with Gasteiger partial charge in [0.1, 0.15) is 11.7 Å². The first-order chi connectivity index (χ1) is 7.60. The van der Waals surface area contributed by atoms with E-state index in [4.69, 9.17) is 11.6 Å². The molecule has 0 aliphatic heterocycles. The monoisotopic (exact) mass is 243 g/mol. The fraction of sp³-hybridized carbons (Fsp3) is 0.417. The SMILES string of the molecule is CCN(C(=O)CCl)[C@@H](C)c1ccc(F)cc1. The Morgan fingerprint density at radius 1 is 1.44 bits per heavy atom. The summed E-state index contributed by atoms with van der Waals surface area (Å²) in [5.41, 5.74) is 0.904. The lowest BCUT2D eigenvalue weighted by atomic mass is 10.1. The van der Waals surface area contributed by atoms with Crippen molar-refractivity contribution in [2.45, 2.75) is 19.9 Å². The molecule has 1 aromatic carbocycles. The van der Waals surface area contributed by atoms with Crippen molar-refractivity contribution in [1.29, 1.82) is 0 Å². The standard InChI is InChI=1S/C12H15ClFNO/c1-3-15(12(16)8-13)9(2)10-4-6-11(14)7-5-10/h4-7,9H,3,8H2,1-2H3/t9-/m0/s1. The van der Waals surface area contributed by atoms with Crippen molar-refractivity contribution < 1.29 is 9.18 Å². The molecule has 1 rings (SSSR count). The third-order valence-electron chi connectivity index (χ3n) is 2.60. The quantitative estimate of drug-likeness (QED) is 0.745. The highest BCUT2D eigenvalue weighted by atomic mass is 35.5. The second-order valence-electron chi connectivity index (χ2n) is 3.54. The first-order valence-electron chi connectivity index (χ1n) is 5.21. The third kappa shape index (κ3) is 2.95. The van der Waals surface area contributed by atoms with Crippen LogP contribution < -0.4 is 0 Å². The third-order valence-corrected chi connectivity index (χ3v) is 2.82. The zero-order valence-corrected chi connectivity index (χ0v) is 10.2. The van der Waals surface area contributed by atoms with Gasteiger partial charge in [0, 0.05) is 6.54 Å². The molecule has 1 aromatic rings. The summed E-state index contributed by atoms with van der Waals surface area (Å²) in [4.78, 5) is 13.2. The van der Waals surface area contributed by atoms with E-state index in [1.807, 2.05) is 13.8 Å². The minimum atomic E-state index is -0.275. The molecule has 1 atom stereocenters. The number of benzene rings is 1. The Balaban J connectivity index is 2.86. The Hall–Kier alpha value is -1.09. The molecular formula is C12H15ClFNO. The molecule has 1 amide bonds. The molecule has 0 fully saturated rings. The minimum absolute atomic E-state index is 0.0284. The van der Waals surface area contributed by atoms with E-state index in [9.17, 15) is 9.18 Å². The van der Waals surface area contributed by atoms with Gasteiger partial charge in [-0.1, -0.05) is 12.1 Å². The topological polar surface area (TPSA) is 20.3 Å². The highest BCUT2D eigenvalue weighted by Gasteiger charge is 2.18. The Bertz CT molecular complexity index is 353. The van der Waals surface area contributed by atoms with E-state index in [0.717, 1.165) is 5.56 Å². The zero-order chi connectivity index (χ0) is 12.1. The lowest BCUT2D eigenvalue weighted by Gasteiger charge is -2.27. The van der Waals surface area contributed by atoms with Gasteiger partial charge < -0.3 is 4.90 Å². The normalized spacial score (nSPS) is 12.2. The highest BCUT2D eigenvalue weighted by Crippen LogP contribution is 2.20. The molecule has 0 heterocycles. The van der Waals surface area contributed by atoms with Gasteiger partial charge in [0.05, 0.1) is 6.04 Å². The van der Waals surface area contributed by atoms with Crippen molar-refractivity contribution in [3.63, 3.8) is 0 Å². The van der Waals surface area contributed by atoms with E-state index >= 15 is 0 Å². The molecular weight excluding hydrogens is 229 g/mol. The molecule has 0 saturated heterocycles. The van der Waals surface area contributed by atoms with Gasteiger partial charge >= 0.3 is 0 Å². The molecule has 0 radical (unpaired) electrons. The maximum absolute atomic E-state index is 12.8. The van der Waals surface area contributed by atoms with Crippen LogP contribution >= 0.6 is 11.6 Å². The van der Waals surface area contributed by atoms with Crippen LogP contribution in [0.5, 0.6) is 0 Å². The number of hydrogen-bond acceptors (Lipinski definition) is 1. The summed E-state index contributed by atoms with van der Waals surface area (Å²) in [6.45, 7) is 4.38. The number of carbonyl (C=O) groups excluding carboxylic acids is 1. The summed E-state index contributed by atoms with van der Waals surface area (Å²) < 4.78 is 12.8. The predicted molar refractivity (Wildman–Crippen MR) is 62.9 cm³/mol. The van der Waals surface area contributed by atoms with Crippen LogP contribution in [0.4, 0.5) is 4.39 Å². The summed E-state index contributed by atoms with van der Waals surface area (Å²) >= 11 is 5.53. The Kier molecular flexibility index (Phi) is 4.74. The summed E-state index contributed by atoms with van der Waals surface area (Å²) in [5, 5.41) is 0. The second-order valence-corrected chi connectivity index (χ2v) is 3.81. The smallest absolute Gasteiger partial charge is 0.237 e. The van der Waals surface area contributed by atoms with Gasteiger partial charge in [-0.25, -0.2) is 4.39 Å². The first kappa shape index (κ1) is 13.0. The van der Waals surface area contributed by atoms with E-state index in [2.05, 4.69) is 0 Å². The van der Waals surface area contributed by atoms with Crippen LogP contribution in [0.25, 0.3) is 0 Å². The largest absolute Gasteiger partial charge is 0.335 e. The highest BCUT2D eigenvalue weighted by molar-refractivity contribution is 6.27. The molecule has 0 N–H and O–H groups in total. The van der Waals surface area contributed by atoms with Crippen LogP contribution in [-0.2, 0) is 4.79 Å². The number of carbonyl (C=O) groups is 1. The summed E-state index contributed by atoms with van der Waals surface area (Å²) in [6, 6.07) is 6.07. The predicted octanol–water partition coefficient (Wildman–Crippen LogP) is 2.97. The molecule has 4 heteroatoms. The molecule has 0 saturated carbocycles. The van der Waals surface area contributed by atoms with Gasteiger partial charge in [0.2, 0.25) is 5.91 Å². The van der Waals surface area contributed by atoms with Crippen molar-refractivity contribution >= 4 is 17.5 Å². The van der Waals surface area contributed by atoms with E-state index in [0.29, 0.717) is 6.54 Å². The number of hydrogen-bond donors (Lipinski definition) is 0. The van der Waals surface area contributed by atoms with Crippen molar-refractivity contribution in [1.82, 2.24) is 4.90 Å². The molecule has 0 aliphatic carbocycles. The second kappa shape index (κ2) is 5.85. The van der Waals surface area contributed by atoms with E-state index in [1.54, 1.807) is 17.0 Å². The molecule has 16 heavy (non-hydrogen) atoms. The number of halogens is 2. The van der Waals surface area contributed by atoms with Crippen LogP contribution in [0.2, 0.25) is 0 Å². The molecule has 0 aromatic heterocycles. The maximum Gasteiger partial charge on any atom is 0.237 e. The fourth-order valence-corrected chi connectivity index (χ4v) is 1.82. The number of amides is 1. The van der Waals surface area contributed by atoms with Crippen molar-refractivity contribution in [3.05, 3.63) is 35.6 Å². The van der Waals surface area contributed by atoms with Gasteiger partial charge in [-0.15, -0.1) is 11.6 Å². The summed E-state index contributed by atoms with van der Waals surface area (Å²) in [7, 11) is 0. The molecule has 0 bridgehead atoms. The van der Waals surface area contributed by atoms with Crippen LogP contribution in [0.15, 0.2) is 24.3 Å². The van der Waals surface area contributed by atoms with Crippen molar-refractivity contribution in [3.8, 4) is 0 Å². The lowest BCUT2D eigenvalue weighted by molar-refractivity contribution is -0.130. The van der Waals surface area contributed by atoms with Gasteiger partial charge in [0.25, 0.3) is 0 Å². The lowest BCUT2D eigenvalue weighted by Crippen LogP contribution is -2.34. The minimum Gasteiger partial charge on any atom is -0.335 e. The van der Waals surface area contributed by atoms with Crippen LogP contribution in [0.1, 0.15) is 25.5 Å². The number of nitrogens with zero attached hydrogens (tertiary/aromatic N) is 1.